The molecule has 0 atom stereocenters. The molecule has 0 aliphatic carbocycles. The van der Waals surface area contributed by atoms with Crippen molar-refractivity contribution >= 4 is 23.6 Å². The number of halogens is 3. The molecular formula is C19H19F3N2O3S. The van der Waals surface area contributed by atoms with Gasteiger partial charge in [0.25, 0.3) is 5.91 Å². The van der Waals surface area contributed by atoms with Gasteiger partial charge in [-0.2, -0.15) is 13.2 Å². The normalized spacial score (nSPS) is 11.2. The molecule has 0 fully saturated rings. The Balaban J connectivity index is 1.88. The molecule has 0 aliphatic rings. The first-order chi connectivity index (χ1) is 13.2. The van der Waals surface area contributed by atoms with E-state index >= 15 is 0 Å². The summed E-state index contributed by atoms with van der Waals surface area (Å²) in [7, 11) is 0. The third kappa shape index (κ3) is 7.61. The van der Waals surface area contributed by atoms with Gasteiger partial charge in [0.05, 0.1) is 17.9 Å². The average molecular weight is 412 g/mol. The fourth-order valence-corrected chi connectivity index (χ4v) is 3.03. The van der Waals surface area contributed by atoms with Crippen LogP contribution in [0.15, 0.2) is 53.4 Å². The quantitative estimate of drug-likeness (QED) is 0.620. The zero-order chi connectivity index (χ0) is 20.6. The van der Waals surface area contributed by atoms with Crippen LogP contribution in [0.5, 0.6) is 0 Å². The number of rotatable bonds is 9. The van der Waals surface area contributed by atoms with Crippen molar-refractivity contribution in [2.75, 3.05) is 12.4 Å². The minimum absolute atomic E-state index is 0.0716. The maximum atomic E-state index is 12.4. The molecule has 9 heteroatoms. The highest BCUT2D eigenvalue weighted by Gasteiger charge is 2.27. The highest BCUT2D eigenvalue weighted by molar-refractivity contribution is 8.00. The van der Waals surface area contributed by atoms with Crippen LogP contribution in [-0.2, 0) is 22.7 Å². The van der Waals surface area contributed by atoms with Crippen LogP contribution in [-0.4, -0.2) is 30.4 Å². The lowest BCUT2D eigenvalue weighted by Crippen LogP contribution is -2.23. The summed E-state index contributed by atoms with van der Waals surface area (Å²) < 4.78 is 40.8. The van der Waals surface area contributed by atoms with Gasteiger partial charge in [0.2, 0.25) is 5.91 Å². The fraction of sp³-hybridized carbons (Fsp3) is 0.263. The number of nitrogens with two attached hydrogens (primary N) is 1. The number of hydrogen-bond acceptors (Lipinski definition) is 4. The Labute approximate surface area is 164 Å². The third-order valence-corrected chi connectivity index (χ3v) is 4.61. The minimum Gasteiger partial charge on any atom is -0.369 e. The van der Waals surface area contributed by atoms with Crippen LogP contribution in [0, 0.1) is 0 Å². The molecule has 0 aromatic heterocycles. The molecule has 2 amide bonds. The van der Waals surface area contributed by atoms with E-state index in [1.807, 2.05) is 0 Å². The van der Waals surface area contributed by atoms with Crippen LogP contribution in [0.3, 0.4) is 0 Å². The Hall–Kier alpha value is -2.52. The van der Waals surface area contributed by atoms with Gasteiger partial charge >= 0.3 is 6.18 Å². The maximum Gasteiger partial charge on any atom is 0.411 e. The molecule has 0 spiro atoms. The molecule has 2 rings (SSSR count). The minimum atomic E-state index is -4.35. The average Bonchev–Trinajstić information content (AvgIpc) is 2.64. The number of primary amides is 1. The molecule has 28 heavy (non-hydrogen) atoms. The van der Waals surface area contributed by atoms with Crippen molar-refractivity contribution in [3.8, 4) is 0 Å². The molecule has 0 aliphatic heterocycles. The molecule has 0 radical (unpaired) electrons. The van der Waals surface area contributed by atoms with Gasteiger partial charge in [0.1, 0.15) is 6.61 Å². The summed E-state index contributed by atoms with van der Waals surface area (Å²) in [6.45, 7) is -1.19. The number of ether oxygens (including phenoxy) is 1. The van der Waals surface area contributed by atoms with Crippen LogP contribution in [0.2, 0.25) is 0 Å². The summed E-state index contributed by atoms with van der Waals surface area (Å²) in [5.41, 5.74) is 6.97. The SMILES string of the molecule is NC(=O)CSc1ccccc1C(=O)NCc1ccc(COCC(F)(F)F)cc1. The monoisotopic (exact) mass is 412 g/mol. The van der Waals surface area contributed by atoms with Gasteiger partial charge < -0.3 is 15.8 Å². The standard InChI is InChI=1S/C19H19F3N2O3S/c20-19(21,22)12-27-10-14-7-5-13(6-8-14)9-24-18(26)15-3-1-2-4-16(15)28-11-17(23)25/h1-8H,9-12H2,(H2,23,25)(H,24,26). The lowest BCUT2D eigenvalue weighted by molar-refractivity contribution is -0.176. The maximum absolute atomic E-state index is 12.4. The van der Waals surface area contributed by atoms with Gasteiger partial charge in [-0.3, -0.25) is 9.59 Å². The predicted molar refractivity (Wildman–Crippen MR) is 99.7 cm³/mol. The number of thioether (sulfide) groups is 1. The van der Waals surface area contributed by atoms with E-state index < -0.39 is 18.7 Å². The Morgan fingerprint density at radius 2 is 1.68 bits per heavy atom. The van der Waals surface area contributed by atoms with Crippen molar-refractivity contribution in [3.05, 3.63) is 65.2 Å². The summed E-state index contributed by atoms with van der Waals surface area (Å²) in [5.74, 6) is -0.702. The van der Waals surface area contributed by atoms with Crippen LogP contribution in [0.1, 0.15) is 21.5 Å². The van der Waals surface area contributed by atoms with Gasteiger partial charge in [-0.15, -0.1) is 11.8 Å². The number of hydrogen-bond donors (Lipinski definition) is 2. The lowest BCUT2D eigenvalue weighted by Gasteiger charge is -2.10. The lowest BCUT2D eigenvalue weighted by atomic mass is 10.1. The zero-order valence-electron chi connectivity index (χ0n) is 14.8. The Morgan fingerprint density at radius 3 is 2.32 bits per heavy atom. The highest BCUT2D eigenvalue weighted by Crippen LogP contribution is 2.22. The topological polar surface area (TPSA) is 81.4 Å². The van der Waals surface area contributed by atoms with E-state index in [0.717, 1.165) is 5.56 Å². The van der Waals surface area contributed by atoms with Gasteiger partial charge in [-0.25, -0.2) is 0 Å². The van der Waals surface area contributed by atoms with Crippen LogP contribution >= 0.6 is 11.8 Å². The molecule has 0 saturated carbocycles. The van der Waals surface area contributed by atoms with Gasteiger partial charge in [0.15, 0.2) is 0 Å². The largest absolute Gasteiger partial charge is 0.411 e. The summed E-state index contributed by atoms with van der Waals surface area (Å²) >= 11 is 1.19. The fourth-order valence-electron chi connectivity index (χ4n) is 2.24. The van der Waals surface area contributed by atoms with Crippen molar-refractivity contribution in [1.82, 2.24) is 5.32 Å². The molecule has 0 unspecified atom stereocenters. The first-order valence-corrected chi connectivity index (χ1v) is 9.24. The predicted octanol–water partition coefficient (Wildman–Crippen LogP) is 3.27. The van der Waals surface area contributed by atoms with Crippen molar-refractivity contribution in [2.24, 2.45) is 5.73 Å². The van der Waals surface area contributed by atoms with E-state index in [1.54, 1.807) is 48.5 Å². The van der Waals surface area contributed by atoms with Gasteiger partial charge in [-0.05, 0) is 23.3 Å². The second-order valence-corrected chi connectivity index (χ2v) is 6.88. The first kappa shape index (κ1) is 21.8. The molecule has 150 valence electrons. The Morgan fingerprint density at radius 1 is 1.04 bits per heavy atom. The molecule has 3 N–H and O–H groups in total. The second kappa shape index (κ2) is 10.1. The molecule has 5 nitrogen and oxygen atoms in total. The summed E-state index contributed by atoms with van der Waals surface area (Å²) in [6, 6.07) is 13.6. The summed E-state index contributed by atoms with van der Waals surface area (Å²) in [4.78, 5) is 24.0. The number of alkyl halides is 3. The van der Waals surface area contributed by atoms with E-state index in [9.17, 15) is 22.8 Å². The smallest absolute Gasteiger partial charge is 0.369 e. The molecule has 2 aromatic carbocycles. The number of benzene rings is 2. The summed E-state index contributed by atoms with van der Waals surface area (Å²) in [6.07, 6.45) is -4.35. The zero-order valence-corrected chi connectivity index (χ0v) is 15.6. The molecular weight excluding hydrogens is 393 g/mol. The van der Waals surface area contributed by atoms with Crippen LogP contribution < -0.4 is 11.1 Å². The Bertz CT molecular complexity index is 811. The molecule has 0 heterocycles. The van der Waals surface area contributed by atoms with E-state index in [2.05, 4.69) is 10.1 Å². The van der Waals surface area contributed by atoms with E-state index in [0.29, 0.717) is 16.0 Å². The second-order valence-electron chi connectivity index (χ2n) is 5.86. The van der Waals surface area contributed by atoms with Crippen molar-refractivity contribution in [1.29, 1.82) is 0 Å². The van der Waals surface area contributed by atoms with Crippen LogP contribution in [0.25, 0.3) is 0 Å². The van der Waals surface area contributed by atoms with E-state index in [1.165, 1.54) is 11.8 Å². The van der Waals surface area contributed by atoms with Crippen molar-refractivity contribution < 1.29 is 27.5 Å². The molecule has 0 bridgehead atoms. The number of amides is 2. The summed E-state index contributed by atoms with van der Waals surface area (Å²) in [5, 5.41) is 2.78. The Kier molecular flexibility index (Phi) is 7.89. The van der Waals surface area contributed by atoms with Crippen molar-refractivity contribution in [3.63, 3.8) is 0 Å². The van der Waals surface area contributed by atoms with Crippen molar-refractivity contribution in [2.45, 2.75) is 24.2 Å². The first-order valence-electron chi connectivity index (χ1n) is 8.25. The van der Waals surface area contributed by atoms with Gasteiger partial charge in [-0.1, -0.05) is 36.4 Å². The number of nitrogens with one attached hydrogen (secondary N) is 1. The van der Waals surface area contributed by atoms with Crippen LogP contribution in [0.4, 0.5) is 13.2 Å². The highest BCUT2D eigenvalue weighted by atomic mass is 32.2. The molecule has 2 aromatic rings. The number of carbonyl (C=O) groups excluding carboxylic acids is 2. The molecule has 0 saturated heterocycles. The third-order valence-electron chi connectivity index (χ3n) is 3.51. The van der Waals surface area contributed by atoms with E-state index in [4.69, 9.17) is 5.73 Å². The van der Waals surface area contributed by atoms with Gasteiger partial charge in [0, 0.05) is 11.4 Å². The number of carbonyl (C=O) groups is 2. The van der Waals surface area contributed by atoms with E-state index in [-0.39, 0.29) is 24.8 Å².